The molecule has 2 heterocycles. The number of nitrogens with zero attached hydrogens (tertiary/aromatic N) is 1. The van der Waals surface area contributed by atoms with Crippen LogP contribution in [0.5, 0.6) is 5.75 Å². The number of rotatable bonds is 8. The number of ether oxygens (including phenoxy) is 1. The number of thiophene rings is 1. The topological polar surface area (TPSA) is 59.8 Å². The number of benzene rings is 1. The summed E-state index contributed by atoms with van der Waals surface area (Å²) in [4.78, 5) is 1.41. The molecular weight excluding hydrogens is 370 g/mol. The maximum atomic E-state index is 13.2. The van der Waals surface area contributed by atoms with Crippen molar-refractivity contribution in [1.82, 2.24) is 4.31 Å². The molecule has 0 spiro atoms. The molecule has 0 bridgehead atoms. The van der Waals surface area contributed by atoms with Crippen LogP contribution in [0.1, 0.15) is 16.2 Å². The third-order valence-corrected chi connectivity index (χ3v) is 6.88. The van der Waals surface area contributed by atoms with Crippen molar-refractivity contribution in [2.45, 2.75) is 24.8 Å². The van der Waals surface area contributed by atoms with Gasteiger partial charge in [-0.05, 0) is 60.7 Å². The van der Waals surface area contributed by atoms with Gasteiger partial charge in [0.15, 0.2) is 0 Å². The number of methoxy groups -OCH3 is 1. The zero-order valence-corrected chi connectivity index (χ0v) is 16.3. The minimum absolute atomic E-state index is 0.200. The quantitative estimate of drug-likeness (QED) is 0.580. The molecule has 5 nitrogen and oxygen atoms in total. The van der Waals surface area contributed by atoms with Gasteiger partial charge >= 0.3 is 0 Å². The van der Waals surface area contributed by atoms with E-state index in [1.165, 1.54) is 4.31 Å². The smallest absolute Gasteiger partial charge is 0.243 e. The zero-order chi connectivity index (χ0) is 18.6. The number of furan rings is 1. The van der Waals surface area contributed by atoms with Crippen LogP contribution in [0, 0.1) is 6.92 Å². The first kappa shape index (κ1) is 18.7. The van der Waals surface area contributed by atoms with Crippen molar-refractivity contribution >= 4 is 21.4 Å². The summed E-state index contributed by atoms with van der Waals surface area (Å²) >= 11 is 1.63. The highest BCUT2D eigenvalue weighted by Crippen LogP contribution is 2.25. The second-order valence-electron chi connectivity index (χ2n) is 5.88. The first-order valence-corrected chi connectivity index (χ1v) is 10.5. The van der Waals surface area contributed by atoms with Crippen LogP contribution in [0.25, 0.3) is 0 Å². The van der Waals surface area contributed by atoms with Crippen molar-refractivity contribution in [2.24, 2.45) is 0 Å². The molecule has 0 aliphatic carbocycles. The molecule has 3 aromatic rings. The molecule has 0 saturated heterocycles. The Morgan fingerprint density at radius 2 is 2.04 bits per heavy atom. The van der Waals surface area contributed by atoms with Crippen molar-refractivity contribution in [2.75, 3.05) is 13.7 Å². The van der Waals surface area contributed by atoms with Crippen LogP contribution in [0.3, 0.4) is 0 Å². The lowest BCUT2D eigenvalue weighted by molar-refractivity contribution is 0.366. The highest BCUT2D eigenvalue weighted by Gasteiger charge is 2.26. The molecular formula is C19H21NO4S2. The van der Waals surface area contributed by atoms with Crippen molar-refractivity contribution in [1.29, 1.82) is 0 Å². The van der Waals surface area contributed by atoms with E-state index in [-0.39, 0.29) is 11.4 Å². The summed E-state index contributed by atoms with van der Waals surface area (Å²) in [6.45, 7) is 2.42. The summed E-state index contributed by atoms with van der Waals surface area (Å²) in [6.07, 6.45) is 2.21. The number of hydrogen-bond acceptors (Lipinski definition) is 5. The van der Waals surface area contributed by atoms with Gasteiger partial charge in [0.05, 0.1) is 24.8 Å². The summed E-state index contributed by atoms with van der Waals surface area (Å²) in [6, 6.07) is 12.4. The Hall–Kier alpha value is -2.09. The van der Waals surface area contributed by atoms with Gasteiger partial charge in [0, 0.05) is 11.4 Å². The second kappa shape index (κ2) is 8.07. The fraction of sp³-hybridized carbons (Fsp3) is 0.263. The second-order valence-corrected chi connectivity index (χ2v) is 8.85. The van der Waals surface area contributed by atoms with E-state index >= 15 is 0 Å². The highest BCUT2D eigenvalue weighted by atomic mass is 32.2. The van der Waals surface area contributed by atoms with Gasteiger partial charge in [-0.25, -0.2) is 8.42 Å². The first-order valence-electron chi connectivity index (χ1n) is 8.20. The fourth-order valence-corrected chi connectivity index (χ4v) is 4.90. The fourth-order valence-electron chi connectivity index (χ4n) is 2.71. The Kier molecular flexibility index (Phi) is 5.80. The predicted octanol–water partition coefficient (Wildman–Crippen LogP) is 4.09. The van der Waals surface area contributed by atoms with E-state index in [9.17, 15) is 8.42 Å². The Labute approximate surface area is 157 Å². The third-order valence-electron chi connectivity index (χ3n) is 4.10. The largest absolute Gasteiger partial charge is 0.496 e. The molecule has 0 aliphatic rings. The molecule has 0 fully saturated rings. The molecule has 1 aromatic carbocycles. The summed E-state index contributed by atoms with van der Waals surface area (Å²) < 4.78 is 38.5. The molecule has 0 amide bonds. The molecule has 0 unspecified atom stereocenters. The van der Waals surface area contributed by atoms with Crippen LogP contribution >= 0.6 is 11.3 Å². The molecule has 0 radical (unpaired) electrons. The third kappa shape index (κ3) is 4.17. The molecule has 0 N–H and O–H groups in total. The Morgan fingerprint density at radius 3 is 2.65 bits per heavy atom. The number of aryl methyl sites for hydroxylation is 1. The molecule has 0 saturated carbocycles. The molecule has 2 aromatic heterocycles. The average Bonchev–Trinajstić information content (AvgIpc) is 3.32. The lowest BCUT2D eigenvalue weighted by atomic mass is 10.2. The summed E-state index contributed by atoms with van der Waals surface area (Å²) in [7, 11) is -2.09. The standard InChI is InChI=1S/C19H21NO4S2/c1-15-13-18(7-8-19(15)23-2)26(21,22)20(14-16-5-3-11-24-16)10-9-17-6-4-12-25-17/h3-8,11-13H,9-10,14H2,1-2H3. The van der Waals surface area contributed by atoms with Gasteiger partial charge in [0.1, 0.15) is 11.5 Å². The van der Waals surface area contributed by atoms with E-state index < -0.39 is 10.0 Å². The SMILES string of the molecule is COc1ccc(S(=O)(=O)N(CCc2cccs2)Cc2ccco2)cc1C. The lowest BCUT2D eigenvalue weighted by Crippen LogP contribution is -2.32. The van der Waals surface area contributed by atoms with Crippen molar-refractivity contribution in [3.05, 3.63) is 70.3 Å². The van der Waals surface area contributed by atoms with Crippen LogP contribution in [-0.2, 0) is 23.0 Å². The maximum absolute atomic E-state index is 13.2. The predicted molar refractivity (Wildman–Crippen MR) is 102 cm³/mol. The van der Waals surface area contributed by atoms with Crippen LogP contribution in [0.2, 0.25) is 0 Å². The highest BCUT2D eigenvalue weighted by molar-refractivity contribution is 7.89. The van der Waals surface area contributed by atoms with Crippen LogP contribution in [0.15, 0.2) is 63.4 Å². The van der Waals surface area contributed by atoms with E-state index in [1.807, 2.05) is 24.4 Å². The summed E-state index contributed by atoms with van der Waals surface area (Å²) in [5.74, 6) is 1.28. The molecule has 7 heteroatoms. The van der Waals surface area contributed by atoms with Gasteiger partial charge in [-0.1, -0.05) is 6.07 Å². The lowest BCUT2D eigenvalue weighted by Gasteiger charge is -2.21. The van der Waals surface area contributed by atoms with E-state index in [0.717, 1.165) is 10.4 Å². The maximum Gasteiger partial charge on any atom is 0.243 e. The van der Waals surface area contributed by atoms with Crippen LogP contribution in [0.4, 0.5) is 0 Å². The van der Waals surface area contributed by atoms with Crippen molar-refractivity contribution in [3.63, 3.8) is 0 Å². The van der Waals surface area contributed by atoms with Gasteiger partial charge in [-0.15, -0.1) is 11.3 Å². The van der Waals surface area contributed by atoms with Crippen molar-refractivity contribution in [3.8, 4) is 5.75 Å². The monoisotopic (exact) mass is 391 g/mol. The van der Waals surface area contributed by atoms with Crippen LogP contribution in [-0.4, -0.2) is 26.4 Å². The normalized spacial score (nSPS) is 11.8. The Balaban J connectivity index is 1.89. The molecule has 0 aliphatic heterocycles. The Bertz CT molecular complexity index is 932. The van der Waals surface area contributed by atoms with E-state index in [0.29, 0.717) is 24.5 Å². The summed E-state index contributed by atoms with van der Waals surface area (Å²) in [5.41, 5.74) is 0.782. The average molecular weight is 392 g/mol. The Morgan fingerprint density at radius 1 is 1.19 bits per heavy atom. The molecule has 3 rings (SSSR count). The van der Waals surface area contributed by atoms with Gasteiger partial charge in [0.25, 0.3) is 0 Å². The van der Waals surface area contributed by atoms with Gasteiger partial charge in [-0.3, -0.25) is 0 Å². The van der Waals surface area contributed by atoms with Crippen molar-refractivity contribution < 1.29 is 17.6 Å². The minimum Gasteiger partial charge on any atom is -0.496 e. The van der Waals surface area contributed by atoms with E-state index in [4.69, 9.17) is 9.15 Å². The molecule has 0 atom stereocenters. The van der Waals surface area contributed by atoms with E-state index in [1.54, 1.807) is 55.0 Å². The molecule has 26 heavy (non-hydrogen) atoms. The molecule has 138 valence electrons. The van der Waals surface area contributed by atoms with Gasteiger partial charge in [-0.2, -0.15) is 4.31 Å². The first-order chi connectivity index (χ1) is 12.5. The zero-order valence-electron chi connectivity index (χ0n) is 14.7. The number of hydrogen-bond donors (Lipinski definition) is 0. The van der Waals surface area contributed by atoms with Gasteiger partial charge < -0.3 is 9.15 Å². The van der Waals surface area contributed by atoms with E-state index in [2.05, 4.69) is 0 Å². The summed E-state index contributed by atoms with van der Waals surface area (Å²) in [5, 5.41) is 1.99. The van der Waals surface area contributed by atoms with Gasteiger partial charge in [0.2, 0.25) is 10.0 Å². The van der Waals surface area contributed by atoms with Crippen LogP contribution < -0.4 is 4.74 Å². The minimum atomic E-state index is -3.66. The number of sulfonamides is 1.